The minimum Gasteiger partial charge on any atom is -0.195 e. The van der Waals surface area contributed by atoms with Crippen LogP contribution in [0.5, 0.6) is 0 Å². The molecule has 0 aromatic heterocycles. The highest BCUT2D eigenvalue weighted by atomic mass is 32.1. The number of hydrogen-bond acceptors (Lipinski definition) is 2. The topological polar surface area (TPSA) is 12.4 Å². The van der Waals surface area contributed by atoms with Crippen molar-refractivity contribution in [2.45, 2.75) is 39.0 Å². The third kappa shape index (κ3) is 5.72. The van der Waals surface area contributed by atoms with Gasteiger partial charge in [-0.2, -0.15) is 4.99 Å². The highest BCUT2D eigenvalue weighted by Crippen LogP contribution is 2.22. The average molecular weight is 372 g/mol. The SMILES string of the molecule is CCCCc1ccc(-c2ccc(CCc3ccc(N=C=S)cc3)cc2)cc1. The fourth-order valence-corrected chi connectivity index (χ4v) is 3.29. The molecular formula is C25H25NS. The predicted molar refractivity (Wildman–Crippen MR) is 119 cm³/mol. The molecule has 0 fully saturated rings. The minimum absolute atomic E-state index is 0.860. The molecule has 0 saturated heterocycles. The lowest BCUT2D eigenvalue weighted by Crippen LogP contribution is -1.91. The van der Waals surface area contributed by atoms with Gasteiger partial charge in [0.2, 0.25) is 0 Å². The molecule has 0 bridgehead atoms. The molecule has 0 aliphatic heterocycles. The van der Waals surface area contributed by atoms with Gasteiger partial charge in [-0.3, -0.25) is 0 Å². The van der Waals surface area contributed by atoms with Crippen LogP contribution in [0.4, 0.5) is 5.69 Å². The van der Waals surface area contributed by atoms with Crippen LogP contribution in [0.15, 0.2) is 77.8 Å². The summed E-state index contributed by atoms with van der Waals surface area (Å²) >= 11 is 4.63. The van der Waals surface area contributed by atoms with Gasteiger partial charge in [0.15, 0.2) is 0 Å². The first-order valence-electron chi connectivity index (χ1n) is 9.63. The van der Waals surface area contributed by atoms with Gasteiger partial charge in [0.25, 0.3) is 0 Å². The minimum atomic E-state index is 0.860. The molecule has 0 aliphatic rings. The molecule has 136 valence electrons. The van der Waals surface area contributed by atoms with Crippen molar-refractivity contribution >= 4 is 23.1 Å². The number of unbranched alkanes of at least 4 members (excludes halogenated alkanes) is 1. The summed E-state index contributed by atoms with van der Waals surface area (Å²) in [7, 11) is 0. The first-order valence-corrected chi connectivity index (χ1v) is 10.0. The van der Waals surface area contributed by atoms with E-state index in [9.17, 15) is 0 Å². The van der Waals surface area contributed by atoms with Gasteiger partial charge < -0.3 is 0 Å². The molecule has 0 spiro atoms. The summed E-state index contributed by atoms with van der Waals surface area (Å²) in [6.07, 6.45) is 5.73. The van der Waals surface area contributed by atoms with Crippen LogP contribution in [0.3, 0.4) is 0 Å². The number of hydrogen-bond donors (Lipinski definition) is 0. The first kappa shape index (κ1) is 19.2. The van der Waals surface area contributed by atoms with Gasteiger partial charge >= 0.3 is 0 Å². The highest BCUT2D eigenvalue weighted by molar-refractivity contribution is 7.78. The Morgan fingerprint density at radius 3 is 1.56 bits per heavy atom. The van der Waals surface area contributed by atoms with Gasteiger partial charge in [-0.25, -0.2) is 0 Å². The number of isothiocyanates is 1. The zero-order chi connectivity index (χ0) is 18.9. The number of benzene rings is 3. The molecule has 0 unspecified atom stereocenters. The Morgan fingerprint density at radius 2 is 1.11 bits per heavy atom. The Hall–Kier alpha value is -2.54. The van der Waals surface area contributed by atoms with Crippen LogP contribution in [0.2, 0.25) is 0 Å². The van der Waals surface area contributed by atoms with E-state index in [1.165, 1.54) is 47.1 Å². The molecule has 3 rings (SSSR count). The quantitative estimate of drug-likeness (QED) is 0.301. The molecule has 2 heteroatoms. The van der Waals surface area contributed by atoms with Gasteiger partial charge in [-0.15, -0.1) is 0 Å². The Labute approximate surface area is 167 Å². The third-order valence-corrected chi connectivity index (χ3v) is 4.96. The van der Waals surface area contributed by atoms with E-state index in [-0.39, 0.29) is 0 Å². The van der Waals surface area contributed by atoms with Crippen LogP contribution in [0.1, 0.15) is 36.5 Å². The van der Waals surface area contributed by atoms with Crippen molar-refractivity contribution in [3.05, 3.63) is 89.5 Å². The maximum atomic E-state index is 4.63. The molecule has 0 heterocycles. The van der Waals surface area contributed by atoms with Crippen LogP contribution in [0, 0.1) is 0 Å². The van der Waals surface area contributed by atoms with Crippen LogP contribution >= 0.6 is 12.2 Å². The summed E-state index contributed by atoms with van der Waals surface area (Å²) in [5.74, 6) is 0. The van der Waals surface area contributed by atoms with Crippen LogP contribution in [0.25, 0.3) is 11.1 Å². The summed E-state index contributed by atoms with van der Waals surface area (Å²) in [5.41, 5.74) is 7.53. The van der Waals surface area contributed by atoms with Crippen LogP contribution in [-0.2, 0) is 19.3 Å². The first-order chi connectivity index (χ1) is 13.3. The Kier molecular flexibility index (Phi) is 7.10. The van der Waals surface area contributed by atoms with E-state index >= 15 is 0 Å². The fraction of sp³-hybridized carbons (Fsp3) is 0.240. The van der Waals surface area contributed by atoms with E-state index in [0.717, 1.165) is 18.5 Å². The molecule has 3 aromatic rings. The maximum Gasteiger partial charge on any atom is 0.0739 e. The van der Waals surface area contributed by atoms with Crippen LogP contribution in [-0.4, -0.2) is 5.16 Å². The molecule has 0 saturated carbocycles. The number of aryl methyl sites for hydroxylation is 3. The van der Waals surface area contributed by atoms with Crippen molar-refractivity contribution in [1.82, 2.24) is 0 Å². The second-order valence-corrected chi connectivity index (χ2v) is 7.05. The van der Waals surface area contributed by atoms with Gasteiger partial charge in [0, 0.05) is 0 Å². The molecular weight excluding hydrogens is 346 g/mol. The van der Waals surface area contributed by atoms with E-state index in [0.29, 0.717) is 0 Å². The molecule has 27 heavy (non-hydrogen) atoms. The number of thiocarbonyl (C=S) groups is 1. The van der Waals surface area contributed by atoms with E-state index in [2.05, 4.69) is 90.0 Å². The number of aliphatic imine (C=N–C) groups is 1. The zero-order valence-corrected chi connectivity index (χ0v) is 16.6. The maximum absolute atomic E-state index is 4.63. The number of nitrogens with zero attached hydrogens (tertiary/aromatic N) is 1. The molecule has 3 aromatic carbocycles. The van der Waals surface area contributed by atoms with Gasteiger partial charge in [0.1, 0.15) is 0 Å². The summed E-state index contributed by atoms with van der Waals surface area (Å²) in [6, 6.07) is 26.1. The van der Waals surface area contributed by atoms with Crippen molar-refractivity contribution in [3.8, 4) is 11.1 Å². The average Bonchev–Trinajstić information content (AvgIpc) is 2.73. The lowest BCUT2D eigenvalue weighted by atomic mass is 9.99. The number of rotatable bonds is 8. The van der Waals surface area contributed by atoms with E-state index in [1.807, 2.05) is 12.1 Å². The van der Waals surface area contributed by atoms with Gasteiger partial charge in [0.05, 0.1) is 10.8 Å². The molecule has 0 radical (unpaired) electrons. The lowest BCUT2D eigenvalue weighted by Gasteiger charge is -2.07. The van der Waals surface area contributed by atoms with Gasteiger partial charge in [-0.1, -0.05) is 74.0 Å². The fourth-order valence-electron chi connectivity index (χ4n) is 3.19. The van der Waals surface area contributed by atoms with Crippen molar-refractivity contribution in [2.24, 2.45) is 4.99 Å². The summed E-state index contributed by atoms with van der Waals surface area (Å²) in [6.45, 7) is 2.24. The van der Waals surface area contributed by atoms with Crippen LogP contribution < -0.4 is 0 Å². The summed E-state index contributed by atoms with van der Waals surface area (Å²) < 4.78 is 0. The van der Waals surface area contributed by atoms with E-state index in [1.54, 1.807) is 0 Å². The van der Waals surface area contributed by atoms with E-state index < -0.39 is 0 Å². The molecule has 0 atom stereocenters. The van der Waals surface area contributed by atoms with E-state index in [4.69, 9.17) is 0 Å². The largest absolute Gasteiger partial charge is 0.195 e. The molecule has 0 amide bonds. The zero-order valence-electron chi connectivity index (χ0n) is 15.8. The van der Waals surface area contributed by atoms with Crippen molar-refractivity contribution in [3.63, 3.8) is 0 Å². The third-order valence-electron chi connectivity index (χ3n) is 4.87. The van der Waals surface area contributed by atoms with Gasteiger partial charge in [-0.05, 0) is 77.9 Å². The lowest BCUT2D eigenvalue weighted by molar-refractivity contribution is 0.795. The Balaban J connectivity index is 1.59. The second-order valence-electron chi connectivity index (χ2n) is 6.87. The molecule has 0 aliphatic carbocycles. The molecule has 1 nitrogen and oxygen atoms in total. The van der Waals surface area contributed by atoms with Crippen molar-refractivity contribution in [2.75, 3.05) is 0 Å². The second kappa shape index (κ2) is 9.97. The van der Waals surface area contributed by atoms with Crippen molar-refractivity contribution in [1.29, 1.82) is 0 Å². The Morgan fingerprint density at radius 1 is 0.667 bits per heavy atom. The summed E-state index contributed by atoms with van der Waals surface area (Å²) in [4.78, 5) is 3.99. The summed E-state index contributed by atoms with van der Waals surface area (Å²) in [5, 5.41) is 2.40. The standard InChI is InChI=1S/C25H25NS/c1-2-3-4-20-7-13-23(14-8-20)24-15-9-21(10-16-24)5-6-22-11-17-25(18-12-22)26-19-27/h7-18H,2-6H2,1H3. The predicted octanol–water partition coefficient (Wildman–Crippen LogP) is 7.22. The van der Waals surface area contributed by atoms with Crippen molar-refractivity contribution < 1.29 is 0 Å². The highest BCUT2D eigenvalue weighted by Gasteiger charge is 2.01. The molecule has 0 N–H and O–H groups in total. The smallest absolute Gasteiger partial charge is 0.0739 e. The normalized spacial score (nSPS) is 10.4. The Bertz CT molecular complexity index is 887. The monoisotopic (exact) mass is 371 g/mol.